The summed E-state index contributed by atoms with van der Waals surface area (Å²) in [5.41, 5.74) is -1.06. The van der Waals surface area contributed by atoms with Gasteiger partial charge in [-0.3, -0.25) is 4.90 Å². The van der Waals surface area contributed by atoms with Crippen LogP contribution in [-0.2, 0) is 4.74 Å². The Morgan fingerprint density at radius 2 is 1.58 bits per heavy atom. The predicted molar refractivity (Wildman–Crippen MR) is 126 cm³/mol. The van der Waals surface area contributed by atoms with Crippen LogP contribution >= 0.6 is 34.8 Å². The third-order valence-electron chi connectivity index (χ3n) is 4.53. The van der Waals surface area contributed by atoms with Crippen molar-refractivity contribution in [1.29, 1.82) is 0 Å². The number of benzene rings is 1. The van der Waals surface area contributed by atoms with E-state index in [1.807, 2.05) is 0 Å². The van der Waals surface area contributed by atoms with E-state index in [0.29, 0.717) is 12.8 Å². The number of aromatic nitrogens is 2. The summed E-state index contributed by atoms with van der Waals surface area (Å²) in [4.78, 5) is 37.4. The van der Waals surface area contributed by atoms with Crippen molar-refractivity contribution in [2.75, 3.05) is 24.0 Å². The number of hydrogen-bond donors (Lipinski definition) is 0. The lowest BCUT2D eigenvalue weighted by Gasteiger charge is -2.32. The molecule has 1 aromatic heterocycles. The zero-order valence-corrected chi connectivity index (χ0v) is 21.0. The molecule has 0 saturated heterocycles. The fraction of sp³-hybridized carbons (Fsp3) is 0.429. The van der Waals surface area contributed by atoms with Crippen LogP contribution in [0.25, 0.3) is 0 Å². The molecule has 12 heteroatoms. The highest BCUT2D eigenvalue weighted by atomic mass is 35.5. The fourth-order valence-electron chi connectivity index (χ4n) is 2.98. The van der Waals surface area contributed by atoms with Crippen LogP contribution < -0.4 is 19.3 Å². The van der Waals surface area contributed by atoms with Gasteiger partial charge in [-0.25, -0.2) is 19.6 Å². The van der Waals surface area contributed by atoms with Crippen LogP contribution in [0.5, 0.6) is 11.5 Å². The molecule has 1 aliphatic carbocycles. The number of ether oxygens (including phenoxy) is 3. The Kier molecular flexibility index (Phi) is 7.45. The van der Waals surface area contributed by atoms with Crippen molar-refractivity contribution < 1.29 is 23.8 Å². The molecular formula is C21H23Cl3N4O5. The molecule has 0 atom stereocenters. The summed E-state index contributed by atoms with van der Waals surface area (Å²) in [6.45, 7) is 5.02. The monoisotopic (exact) mass is 516 g/mol. The van der Waals surface area contributed by atoms with E-state index in [2.05, 4.69) is 9.97 Å². The van der Waals surface area contributed by atoms with Crippen LogP contribution in [-0.4, -0.2) is 48.0 Å². The molecule has 0 radical (unpaired) electrons. The SMILES string of the molecule is COc1cc(OC)c(Cl)c(N(C(=O)OC(C)(C)C)C(=O)N(c2cc(Cl)ncn2)C2CC2)c1Cl. The Hall–Kier alpha value is -2.49. The number of methoxy groups -OCH3 is 2. The van der Waals surface area contributed by atoms with E-state index < -0.39 is 17.7 Å². The molecular weight excluding hydrogens is 495 g/mol. The first-order chi connectivity index (χ1) is 15.5. The van der Waals surface area contributed by atoms with Gasteiger partial charge < -0.3 is 14.2 Å². The minimum atomic E-state index is -0.989. The molecule has 1 aliphatic rings. The average Bonchev–Trinajstić information content (AvgIpc) is 3.55. The summed E-state index contributed by atoms with van der Waals surface area (Å²) < 4.78 is 16.1. The number of carbonyl (C=O) groups is 2. The number of nitrogens with zero attached hydrogens (tertiary/aromatic N) is 4. The topological polar surface area (TPSA) is 94.1 Å². The van der Waals surface area contributed by atoms with Crippen molar-refractivity contribution in [1.82, 2.24) is 9.97 Å². The molecule has 1 heterocycles. The summed E-state index contributed by atoms with van der Waals surface area (Å²) in [5.74, 6) is 0.521. The maximum Gasteiger partial charge on any atom is 0.423 e. The second kappa shape index (κ2) is 9.79. The van der Waals surface area contributed by atoms with Gasteiger partial charge in [-0.1, -0.05) is 34.8 Å². The number of imide groups is 1. The molecule has 178 valence electrons. The highest BCUT2D eigenvalue weighted by molar-refractivity contribution is 6.43. The molecule has 3 rings (SSSR count). The number of urea groups is 1. The van der Waals surface area contributed by atoms with Gasteiger partial charge in [0.2, 0.25) is 0 Å². The minimum Gasteiger partial charge on any atom is -0.495 e. The van der Waals surface area contributed by atoms with Crippen molar-refractivity contribution in [2.24, 2.45) is 0 Å². The van der Waals surface area contributed by atoms with Gasteiger partial charge in [0.1, 0.15) is 50.1 Å². The van der Waals surface area contributed by atoms with Gasteiger partial charge in [0, 0.05) is 18.2 Å². The molecule has 2 aromatic rings. The lowest BCUT2D eigenvalue weighted by Crippen LogP contribution is -2.50. The first-order valence-electron chi connectivity index (χ1n) is 9.92. The fourth-order valence-corrected chi connectivity index (χ4v) is 3.79. The Balaban J connectivity index is 2.21. The zero-order valence-electron chi connectivity index (χ0n) is 18.7. The summed E-state index contributed by atoms with van der Waals surface area (Å²) in [6, 6.07) is 1.90. The van der Waals surface area contributed by atoms with Crippen molar-refractivity contribution in [3.8, 4) is 11.5 Å². The zero-order chi connectivity index (χ0) is 24.5. The van der Waals surface area contributed by atoms with Gasteiger partial charge in [0.25, 0.3) is 0 Å². The standard InChI is InChI=1S/C21H23Cl3N4O5/c1-21(2,3)33-20(30)28(18-16(23)12(31-4)8-13(32-5)17(18)24)19(29)27(11-6-7-11)15-9-14(22)25-10-26-15/h8-11H,6-7H2,1-5H3. The van der Waals surface area contributed by atoms with Crippen molar-refractivity contribution in [3.63, 3.8) is 0 Å². The third kappa shape index (κ3) is 5.54. The van der Waals surface area contributed by atoms with Gasteiger partial charge in [0.15, 0.2) is 0 Å². The second-order valence-electron chi connectivity index (χ2n) is 8.16. The molecule has 0 unspecified atom stereocenters. The molecule has 1 saturated carbocycles. The highest BCUT2D eigenvalue weighted by Gasteiger charge is 2.43. The van der Waals surface area contributed by atoms with E-state index in [0.717, 1.165) is 4.90 Å². The number of rotatable bonds is 5. The molecule has 33 heavy (non-hydrogen) atoms. The Morgan fingerprint density at radius 1 is 1.00 bits per heavy atom. The summed E-state index contributed by atoms with van der Waals surface area (Å²) in [5, 5.41) is -0.000616. The normalized spacial score (nSPS) is 13.3. The number of carbonyl (C=O) groups excluding carboxylic acids is 2. The second-order valence-corrected chi connectivity index (χ2v) is 9.30. The number of amides is 3. The first-order valence-corrected chi connectivity index (χ1v) is 11.1. The Labute approximate surface area is 206 Å². The molecule has 3 amide bonds. The first kappa shape index (κ1) is 25.1. The van der Waals surface area contributed by atoms with Crippen molar-refractivity contribution >= 4 is 58.4 Å². The number of halogens is 3. The lowest BCUT2D eigenvalue weighted by atomic mass is 10.2. The quantitative estimate of drug-likeness (QED) is 0.450. The van der Waals surface area contributed by atoms with Crippen LogP contribution in [0.15, 0.2) is 18.5 Å². The smallest absolute Gasteiger partial charge is 0.423 e. The Morgan fingerprint density at radius 3 is 2.03 bits per heavy atom. The van der Waals surface area contributed by atoms with Gasteiger partial charge in [-0.05, 0) is 33.6 Å². The van der Waals surface area contributed by atoms with Crippen molar-refractivity contribution in [2.45, 2.75) is 45.3 Å². The van der Waals surface area contributed by atoms with Gasteiger partial charge in [-0.2, -0.15) is 4.90 Å². The largest absolute Gasteiger partial charge is 0.495 e. The van der Waals surface area contributed by atoms with E-state index in [1.54, 1.807) is 20.8 Å². The maximum absolute atomic E-state index is 13.9. The molecule has 0 spiro atoms. The predicted octanol–water partition coefficient (Wildman–Crippen LogP) is 5.98. The van der Waals surface area contributed by atoms with Crippen LogP contribution in [0.3, 0.4) is 0 Å². The third-order valence-corrected chi connectivity index (χ3v) is 5.46. The molecule has 0 bridgehead atoms. The molecule has 1 fully saturated rings. The molecule has 9 nitrogen and oxygen atoms in total. The highest BCUT2D eigenvalue weighted by Crippen LogP contribution is 2.47. The molecule has 0 aliphatic heterocycles. The van der Waals surface area contributed by atoms with Gasteiger partial charge in [-0.15, -0.1) is 0 Å². The lowest BCUT2D eigenvalue weighted by molar-refractivity contribution is 0.0594. The van der Waals surface area contributed by atoms with E-state index in [4.69, 9.17) is 49.0 Å². The van der Waals surface area contributed by atoms with Crippen LogP contribution in [0.2, 0.25) is 15.2 Å². The van der Waals surface area contributed by atoms with Crippen LogP contribution in [0.4, 0.5) is 21.1 Å². The summed E-state index contributed by atoms with van der Waals surface area (Å²) in [7, 11) is 2.77. The van der Waals surface area contributed by atoms with Crippen molar-refractivity contribution in [3.05, 3.63) is 33.7 Å². The average molecular weight is 518 g/mol. The summed E-state index contributed by atoms with van der Waals surface area (Å²) in [6.07, 6.45) is 1.65. The maximum atomic E-state index is 13.9. The van der Waals surface area contributed by atoms with E-state index in [9.17, 15) is 9.59 Å². The molecule has 1 aromatic carbocycles. The Bertz CT molecular complexity index is 1040. The van der Waals surface area contributed by atoms with Gasteiger partial charge in [0.05, 0.1) is 14.2 Å². The number of hydrogen-bond acceptors (Lipinski definition) is 7. The van der Waals surface area contributed by atoms with E-state index in [-0.39, 0.29) is 44.2 Å². The van der Waals surface area contributed by atoms with Gasteiger partial charge >= 0.3 is 12.1 Å². The van der Waals surface area contributed by atoms with E-state index >= 15 is 0 Å². The van der Waals surface area contributed by atoms with Crippen LogP contribution in [0, 0.1) is 0 Å². The van der Waals surface area contributed by atoms with E-state index in [1.165, 1.54) is 37.6 Å². The minimum absolute atomic E-state index is 0.0704. The molecule has 0 N–H and O–H groups in total. The summed E-state index contributed by atoms with van der Waals surface area (Å²) >= 11 is 19.1. The number of anilines is 2. The van der Waals surface area contributed by atoms with Crippen LogP contribution in [0.1, 0.15) is 33.6 Å².